The maximum atomic E-state index is 13.1. The Labute approximate surface area is 142 Å². The average molecular weight is 325 g/mol. The summed E-state index contributed by atoms with van der Waals surface area (Å²) in [6, 6.07) is 17.6. The van der Waals surface area contributed by atoms with Crippen LogP contribution in [0.25, 0.3) is 21.8 Å². The number of hydrogen-bond acceptors (Lipinski definition) is 4. The zero-order chi connectivity index (χ0) is 17.1. The summed E-state index contributed by atoms with van der Waals surface area (Å²) < 4.78 is 0. The number of carbonyl (C=O) groups is 2. The molecular formula is C21H11NO3. The fraction of sp³-hybridized carbons (Fsp3) is 0. The quantitative estimate of drug-likeness (QED) is 0.439. The summed E-state index contributed by atoms with van der Waals surface area (Å²) in [5.74, 6) is -0.806. The number of hydrogen-bond donors (Lipinski definition) is 1. The average Bonchev–Trinajstić information content (AvgIpc) is 2.64. The van der Waals surface area contributed by atoms with Gasteiger partial charge in [-0.3, -0.25) is 9.59 Å². The van der Waals surface area contributed by atoms with Gasteiger partial charge < -0.3 is 5.11 Å². The zero-order valence-electron chi connectivity index (χ0n) is 13.0. The van der Waals surface area contributed by atoms with Crippen molar-refractivity contribution in [1.82, 2.24) is 4.98 Å². The van der Waals surface area contributed by atoms with Gasteiger partial charge in [0, 0.05) is 33.5 Å². The number of ketones is 2. The van der Waals surface area contributed by atoms with Gasteiger partial charge in [0.2, 0.25) is 0 Å². The van der Waals surface area contributed by atoms with Crippen molar-refractivity contribution in [3.63, 3.8) is 0 Å². The maximum absolute atomic E-state index is 13.1. The molecule has 1 aromatic heterocycles. The number of fused-ring (bicyclic) bond motifs is 5. The third-order valence-corrected chi connectivity index (χ3v) is 4.67. The third kappa shape index (κ3) is 1.79. The second kappa shape index (κ2) is 4.74. The lowest BCUT2D eigenvalue weighted by molar-refractivity contribution is 0.0978. The fourth-order valence-electron chi connectivity index (χ4n) is 3.52. The van der Waals surface area contributed by atoms with Crippen LogP contribution in [-0.2, 0) is 0 Å². The number of benzene rings is 3. The van der Waals surface area contributed by atoms with Crippen molar-refractivity contribution >= 4 is 33.4 Å². The van der Waals surface area contributed by atoms with E-state index in [2.05, 4.69) is 4.98 Å². The lowest BCUT2D eigenvalue weighted by Gasteiger charge is -2.20. The van der Waals surface area contributed by atoms with Crippen molar-refractivity contribution in [2.45, 2.75) is 0 Å². The normalized spacial score (nSPS) is 13.1. The summed E-state index contributed by atoms with van der Waals surface area (Å²) in [6.07, 6.45) is 0. The molecule has 3 aromatic carbocycles. The maximum Gasteiger partial charge on any atom is 0.198 e. The first-order valence-corrected chi connectivity index (χ1v) is 7.89. The predicted molar refractivity (Wildman–Crippen MR) is 94.2 cm³/mol. The number of rotatable bonds is 0. The highest BCUT2D eigenvalue weighted by Crippen LogP contribution is 2.38. The number of carbonyl (C=O) groups excluding carboxylic acids is 2. The van der Waals surface area contributed by atoms with Crippen LogP contribution in [0.3, 0.4) is 0 Å². The molecule has 1 aliphatic carbocycles. The van der Waals surface area contributed by atoms with Crippen LogP contribution < -0.4 is 0 Å². The molecule has 1 aliphatic rings. The van der Waals surface area contributed by atoms with E-state index >= 15 is 0 Å². The molecule has 0 bridgehead atoms. The first-order chi connectivity index (χ1) is 12.1. The summed E-state index contributed by atoms with van der Waals surface area (Å²) >= 11 is 0. The summed E-state index contributed by atoms with van der Waals surface area (Å²) in [5.41, 5.74) is 2.24. The molecule has 0 spiro atoms. The van der Waals surface area contributed by atoms with Crippen LogP contribution in [0.5, 0.6) is 5.75 Å². The Hall–Kier alpha value is -3.53. The number of pyridine rings is 1. The van der Waals surface area contributed by atoms with Gasteiger partial charge in [0.1, 0.15) is 5.75 Å². The van der Waals surface area contributed by atoms with Gasteiger partial charge in [-0.1, -0.05) is 42.5 Å². The summed E-state index contributed by atoms with van der Waals surface area (Å²) in [7, 11) is 0. The molecule has 4 nitrogen and oxygen atoms in total. The minimum absolute atomic E-state index is 0.0632. The Morgan fingerprint density at radius 3 is 2.12 bits per heavy atom. The topological polar surface area (TPSA) is 67.3 Å². The molecule has 4 aromatic rings. The van der Waals surface area contributed by atoms with Crippen molar-refractivity contribution in [3.05, 3.63) is 82.9 Å². The van der Waals surface area contributed by atoms with Gasteiger partial charge in [0.25, 0.3) is 0 Å². The fourth-order valence-corrected chi connectivity index (χ4v) is 3.52. The highest BCUT2D eigenvalue weighted by atomic mass is 16.3. The third-order valence-electron chi connectivity index (χ3n) is 4.67. The van der Waals surface area contributed by atoms with E-state index < -0.39 is 0 Å². The lowest BCUT2D eigenvalue weighted by Crippen LogP contribution is -2.21. The minimum atomic E-state index is -0.335. The van der Waals surface area contributed by atoms with Gasteiger partial charge in [-0.25, -0.2) is 4.98 Å². The number of para-hydroxylation sites is 1. The van der Waals surface area contributed by atoms with Gasteiger partial charge in [0.15, 0.2) is 11.6 Å². The van der Waals surface area contributed by atoms with Crippen LogP contribution in [0.4, 0.5) is 0 Å². The molecule has 118 valence electrons. The molecule has 0 unspecified atom stereocenters. The molecule has 0 aliphatic heterocycles. The van der Waals surface area contributed by atoms with E-state index in [1.165, 1.54) is 6.07 Å². The predicted octanol–water partition coefficient (Wildman–Crippen LogP) is 3.87. The van der Waals surface area contributed by atoms with Crippen LogP contribution in [0.1, 0.15) is 31.8 Å². The second-order valence-electron chi connectivity index (χ2n) is 6.10. The summed E-state index contributed by atoms with van der Waals surface area (Å²) in [4.78, 5) is 30.5. The molecule has 25 heavy (non-hydrogen) atoms. The van der Waals surface area contributed by atoms with E-state index in [-0.39, 0.29) is 28.4 Å². The van der Waals surface area contributed by atoms with E-state index in [9.17, 15) is 14.7 Å². The molecule has 0 saturated carbocycles. The van der Waals surface area contributed by atoms with E-state index in [1.54, 1.807) is 24.3 Å². The Morgan fingerprint density at radius 1 is 0.720 bits per heavy atom. The molecule has 4 heteroatoms. The molecule has 5 rings (SSSR count). The molecule has 0 saturated heterocycles. The van der Waals surface area contributed by atoms with E-state index in [1.807, 2.05) is 30.3 Å². The molecule has 0 atom stereocenters. The van der Waals surface area contributed by atoms with Gasteiger partial charge in [-0.15, -0.1) is 0 Å². The monoisotopic (exact) mass is 325 g/mol. The van der Waals surface area contributed by atoms with E-state index in [0.29, 0.717) is 22.0 Å². The smallest absolute Gasteiger partial charge is 0.198 e. The Kier molecular flexibility index (Phi) is 2.63. The first-order valence-electron chi connectivity index (χ1n) is 7.89. The van der Waals surface area contributed by atoms with Crippen molar-refractivity contribution in [1.29, 1.82) is 0 Å². The minimum Gasteiger partial charge on any atom is -0.507 e. The highest BCUT2D eigenvalue weighted by Gasteiger charge is 2.33. The second-order valence-corrected chi connectivity index (χ2v) is 6.10. The summed E-state index contributed by atoms with van der Waals surface area (Å²) in [6.45, 7) is 0. The number of nitrogens with zero attached hydrogens (tertiary/aromatic N) is 1. The molecule has 0 fully saturated rings. The summed E-state index contributed by atoms with van der Waals surface area (Å²) in [5, 5.41) is 11.9. The first kappa shape index (κ1) is 13.9. The molecule has 0 amide bonds. The van der Waals surface area contributed by atoms with Gasteiger partial charge in [-0.05, 0) is 12.1 Å². The van der Waals surface area contributed by atoms with Gasteiger partial charge in [0.05, 0.1) is 16.6 Å². The van der Waals surface area contributed by atoms with Crippen LogP contribution in [0.15, 0.2) is 60.7 Å². The highest BCUT2D eigenvalue weighted by molar-refractivity contribution is 6.33. The Balaban J connectivity index is 1.95. The van der Waals surface area contributed by atoms with Crippen LogP contribution in [-0.4, -0.2) is 21.7 Å². The van der Waals surface area contributed by atoms with Gasteiger partial charge in [-0.2, -0.15) is 0 Å². The standard InChI is InChI=1S/C21H11NO3/c23-17-10-16-14(9-11-5-1-4-8-15(11)22-16)18-19(17)21(25)13-7-3-2-6-12(13)20(18)24/h1-10,23H. The number of phenolic OH excluding ortho intramolecular Hbond substituents is 1. The lowest BCUT2D eigenvalue weighted by atomic mass is 9.81. The van der Waals surface area contributed by atoms with Gasteiger partial charge >= 0.3 is 0 Å². The van der Waals surface area contributed by atoms with Crippen molar-refractivity contribution in [2.24, 2.45) is 0 Å². The Morgan fingerprint density at radius 2 is 1.36 bits per heavy atom. The van der Waals surface area contributed by atoms with Crippen molar-refractivity contribution in [3.8, 4) is 5.75 Å². The molecule has 0 radical (unpaired) electrons. The van der Waals surface area contributed by atoms with Crippen molar-refractivity contribution in [2.75, 3.05) is 0 Å². The molecular weight excluding hydrogens is 314 g/mol. The SMILES string of the molecule is O=C1c2ccccc2C(=O)c2c1c(O)cc1nc3ccccc3cc21. The van der Waals surface area contributed by atoms with Crippen LogP contribution in [0, 0.1) is 0 Å². The van der Waals surface area contributed by atoms with E-state index in [4.69, 9.17) is 0 Å². The molecule has 1 N–H and O–H groups in total. The number of phenols is 1. The van der Waals surface area contributed by atoms with Crippen LogP contribution in [0.2, 0.25) is 0 Å². The molecule has 1 heterocycles. The zero-order valence-corrected chi connectivity index (χ0v) is 13.0. The largest absolute Gasteiger partial charge is 0.507 e. The number of aromatic nitrogens is 1. The van der Waals surface area contributed by atoms with E-state index in [0.717, 1.165) is 10.9 Å². The number of aromatic hydroxyl groups is 1. The Bertz CT molecular complexity index is 1240. The van der Waals surface area contributed by atoms with Crippen molar-refractivity contribution < 1.29 is 14.7 Å². The van der Waals surface area contributed by atoms with Crippen LogP contribution >= 0.6 is 0 Å².